The number of hydrogen-bond donors (Lipinski definition) is 2. The van der Waals surface area contributed by atoms with Crippen LogP contribution in [0.5, 0.6) is 0 Å². The normalized spacial score (nSPS) is 11.6. The first-order chi connectivity index (χ1) is 9.77. The number of hydrogen-bond acceptors (Lipinski definition) is 2. The number of rotatable bonds is 6. The van der Waals surface area contributed by atoms with Gasteiger partial charge in [0, 0.05) is 6.54 Å². The Bertz CT molecular complexity index is 488. The molecule has 0 saturated heterocycles. The fraction of sp³-hybridized carbons (Fsp3) is 0.462. The first-order valence-electron chi connectivity index (χ1n) is 6.27. The summed E-state index contributed by atoms with van der Waals surface area (Å²) in [6.07, 6.45) is -6.87. The van der Waals surface area contributed by atoms with E-state index in [1.54, 1.807) is 6.92 Å². The number of amides is 1. The van der Waals surface area contributed by atoms with E-state index in [-0.39, 0.29) is 12.1 Å². The van der Waals surface area contributed by atoms with Crippen molar-refractivity contribution in [3.63, 3.8) is 0 Å². The predicted molar refractivity (Wildman–Crippen MR) is 68.6 cm³/mol. The van der Waals surface area contributed by atoms with Crippen LogP contribution in [0.1, 0.15) is 29.3 Å². The van der Waals surface area contributed by atoms with Gasteiger partial charge >= 0.3 is 6.18 Å². The summed E-state index contributed by atoms with van der Waals surface area (Å²) in [7, 11) is 0. The molecule has 0 atom stereocenters. The molecule has 1 aromatic rings. The fourth-order valence-corrected chi connectivity index (χ4v) is 1.68. The minimum Gasteiger partial charge on any atom is -0.384 e. The summed E-state index contributed by atoms with van der Waals surface area (Å²) in [4.78, 5) is 11.8. The van der Waals surface area contributed by atoms with Gasteiger partial charge in [-0.3, -0.25) is 4.79 Å². The topological polar surface area (TPSA) is 41.1 Å². The highest BCUT2D eigenvalue weighted by atomic mass is 19.4. The molecule has 0 aliphatic rings. The summed E-state index contributed by atoms with van der Waals surface area (Å²) in [6, 6.07) is 3.06. The lowest BCUT2D eigenvalue weighted by Crippen LogP contribution is -2.29. The molecule has 3 nitrogen and oxygen atoms in total. The minimum absolute atomic E-state index is 0.224. The molecule has 2 N–H and O–H groups in total. The second-order valence-electron chi connectivity index (χ2n) is 4.25. The second kappa shape index (κ2) is 7.24. The van der Waals surface area contributed by atoms with Crippen molar-refractivity contribution >= 4 is 11.6 Å². The SMILES string of the molecule is CCCNc1c(C(=O)NCC(F)F)cccc1C(F)(F)F. The van der Waals surface area contributed by atoms with Gasteiger partial charge < -0.3 is 10.6 Å². The third-order valence-corrected chi connectivity index (χ3v) is 2.58. The molecule has 1 rings (SSSR count). The number of halogens is 5. The van der Waals surface area contributed by atoms with E-state index < -0.39 is 36.3 Å². The molecule has 8 heteroatoms. The fourth-order valence-electron chi connectivity index (χ4n) is 1.68. The maximum absolute atomic E-state index is 12.9. The zero-order valence-electron chi connectivity index (χ0n) is 11.2. The standard InChI is InChI=1S/C13H15F5N2O/c1-2-6-19-11-8(12(21)20-7-10(14)15)4-3-5-9(11)13(16,17)18/h3-5,10,19H,2,6-7H2,1H3,(H,20,21). The van der Waals surface area contributed by atoms with Crippen LogP contribution in [0, 0.1) is 0 Å². The number of carbonyl (C=O) groups is 1. The average molecular weight is 310 g/mol. The Hall–Kier alpha value is -1.86. The van der Waals surface area contributed by atoms with E-state index in [1.165, 1.54) is 0 Å². The van der Waals surface area contributed by atoms with Crippen LogP contribution in [0.15, 0.2) is 18.2 Å². The van der Waals surface area contributed by atoms with Crippen molar-refractivity contribution in [3.05, 3.63) is 29.3 Å². The molecule has 118 valence electrons. The van der Waals surface area contributed by atoms with Gasteiger partial charge in [0.05, 0.1) is 23.4 Å². The number of carbonyl (C=O) groups excluding carboxylic acids is 1. The van der Waals surface area contributed by atoms with E-state index >= 15 is 0 Å². The Balaban J connectivity index is 3.15. The van der Waals surface area contributed by atoms with E-state index in [0.717, 1.165) is 18.2 Å². The summed E-state index contributed by atoms with van der Waals surface area (Å²) in [5.41, 5.74) is -1.70. The van der Waals surface area contributed by atoms with E-state index in [2.05, 4.69) is 5.32 Å². The van der Waals surface area contributed by atoms with Gasteiger partial charge in [-0.2, -0.15) is 13.2 Å². The first kappa shape index (κ1) is 17.2. The summed E-state index contributed by atoms with van der Waals surface area (Å²) >= 11 is 0. The molecule has 0 bridgehead atoms. The molecule has 0 aliphatic heterocycles. The Morgan fingerprint density at radius 1 is 1.29 bits per heavy atom. The van der Waals surface area contributed by atoms with Crippen LogP contribution in [0.3, 0.4) is 0 Å². The average Bonchev–Trinajstić information content (AvgIpc) is 2.41. The zero-order valence-corrected chi connectivity index (χ0v) is 11.2. The lowest BCUT2D eigenvalue weighted by Gasteiger charge is -2.18. The van der Waals surface area contributed by atoms with Crippen molar-refractivity contribution in [1.82, 2.24) is 5.32 Å². The molecule has 0 heterocycles. The highest BCUT2D eigenvalue weighted by molar-refractivity contribution is 6.00. The van der Waals surface area contributed by atoms with Gasteiger partial charge in [0.2, 0.25) is 0 Å². The monoisotopic (exact) mass is 310 g/mol. The Kier molecular flexibility index (Phi) is 5.92. The summed E-state index contributed by atoms with van der Waals surface area (Å²) in [5, 5.41) is 4.44. The Morgan fingerprint density at radius 2 is 1.95 bits per heavy atom. The van der Waals surface area contributed by atoms with Crippen molar-refractivity contribution in [2.45, 2.75) is 25.9 Å². The van der Waals surface area contributed by atoms with Crippen molar-refractivity contribution < 1.29 is 26.7 Å². The van der Waals surface area contributed by atoms with Gasteiger partial charge in [0.25, 0.3) is 12.3 Å². The van der Waals surface area contributed by atoms with Gasteiger partial charge in [-0.15, -0.1) is 0 Å². The molecule has 0 spiro atoms. The number of para-hydroxylation sites is 1. The van der Waals surface area contributed by atoms with Gasteiger partial charge in [-0.05, 0) is 18.6 Å². The highest BCUT2D eigenvalue weighted by Crippen LogP contribution is 2.36. The maximum Gasteiger partial charge on any atom is 0.418 e. The molecule has 0 fully saturated rings. The third-order valence-electron chi connectivity index (χ3n) is 2.58. The summed E-state index contributed by atoms with van der Waals surface area (Å²) < 4.78 is 63.0. The molecule has 1 aromatic carbocycles. The number of alkyl halides is 5. The van der Waals surface area contributed by atoms with Gasteiger partial charge in [-0.1, -0.05) is 13.0 Å². The van der Waals surface area contributed by atoms with Gasteiger partial charge in [0.1, 0.15) is 0 Å². The molecule has 0 aliphatic carbocycles. The maximum atomic E-state index is 12.9. The molecule has 1 amide bonds. The minimum atomic E-state index is -4.64. The molecule has 0 radical (unpaired) electrons. The Morgan fingerprint density at radius 3 is 2.48 bits per heavy atom. The smallest absolute Gasteiger partial charge is 0.384 e. The number of benzene rings is 1. The van der Waals surface area contributed by atoms with Crippen molar-refractivity contribution in [3.8, 4) is 0 Å². The molecule has 21 heavy (non-hydrogen) atoms. The van der Waals surface area contributed by atoms with E-state index in [0.29, 0.717) is 6.42 Å². The largest absolute Gasteiger partial charge is 0.418 e. The van der Waals surface area contributed by atoms with Crippen LogP contribution in [-0.2, 0) is 6.18 Å². The lowest BCUT2D eigenvalue weighted by molar-refractivity contribution is -0.137. The van der Waals surface area contributed by atoms with Crippen LogP contribution < -0.4 is 10.6 Å². The third kappa shape index (κ3) is 4.87. The van der Waals surface area contributed by atoms with E-state index in [4.69, 9.17) is 0 Å². The highest BCUT2D eigenvalue weighted by Gasteiger charge is 2.35. The lowest BCUT2D eigenvalue weighted by atomic mass is 10.1. The summed E-state index contributed by atoms with van der Waals surface area (Å²) in [5.74, 6) is -0.972. The quantitative estimate of drug-likeness (QED) is 0.789. The molecule has 0 unspecified atom stereocenters. The second-order valence-corrected chi connectivity index (χ2v) is 4.25. The Labute approximate surface area is 118 Å². The molecule has 0 aromatic heterocycles. The summed E-state index contributed by atoms with van der Waals surface area (Å²) in [6.45, 7) is 1.06. The van der Waals surface area contributed by atoms with Gasteiger partial charge in [0.15, 0.2) is 0 Å². The molecule has 0 saturated carbocycles. The van der Waals surface area contributed by atoms with Crippen LogP contribution >= 0.6 is 0 Å². The molecular formula is C13H15F5N2O. The zero-order chi connectivity index (χ0) is 16.0. The van der Waals surface area contributed by atoms with E-state index in [9.17, 15) is 26.7 Å². The predicted octanol–water partition coefficient (Wildman–Crippen LogP) is 3.52. The van der Waals surface area contributed by atoms with Crippen LogP contribution in [-0.4, -0.2) is 25.4 Å². The van der Waals surface area contributed by atoms with Crippen LogP contribution in [0.4, 0.5) is 27.6 Å². The van der Waals surface area contributed by atoms with Crippen molar-refractivity contribution in [2.75, 3.05) is 18.4 Å². The van der Waals surface area contributed by atoms with Crippen molar-refractivity contribution in [1.29, 1.82) is 0 Å². The van der Waals surface area contributed by atoms with Crippen LogP contribution in [0.2, 0.25) is 0 Å². The van der Waals surface area contributed by atoms with Crippen molar-refractivity contribution in [2.24, 2.45) is 0 Å². The number of anilines is 1. The van der Waals surface area contributed by atoms with Crippen LogP contribution in [0.25, 0.3) is 0 Å². The number of nitrogens with one attached hydrogen (secondary N) is 2. The first-order valence-corrected chi connectivity index (χ1v) is 6.27. The van der Waals surface area contributed by atoms with E-state index in [1.807, 2.05) is 5.32 Å². The van der Waals surface area contributed by atoms with Gasteiger partial charge in [-0.25, -0.2) is 8.78 Å². The molecular weight excluding hydrogens is 295 g/mol.